The van der Waals surface area contributed by atoms with Gasteiger partial charge in [0.05, 0.1) is 11.7 Å². The molecule has 2 aliphatic heterocycles. The fourth-order valence-corrected chi connectivity index (χ4v) is 5.69. The summed E-state index contributed by atoms with van der Waals surface area (Å²) >= 11 is 12.8. The normalized spacial score (nSPS) is 19.6. The van der Waals surface area contributed by atoms with Crippen LogP contribution in [0.2, 0.25) is 10.2 Å². The van der Waals surface area contributed by atoms with Gasteiger partial charge in [-0.15, -0.1) is 0 Å². The number of piperidine rings is 1. The molecular weight excluding hydrogens is 553 g/mol. The van der Waals surface area contributed by atoms with Gasteiger partial charge in [-0.3, -0.25) is 14.5 Å². The molecule has 40 heavy (non-hydrogen) atoms. The minimum Gasteiger partial charge on any atom is -0.465 e. The number of rotatable bonds is 3. The number of nitrogens with zero attached hydrogens (tertiary/aromatic N) is 3. The highest BCUT2D eigenvalue weighted by atomic mass is 35.5. The van der Waals surface area contributed by atoms with E-state index in [4.69, 9.17) is 28.2 Å². The summed E-state index contributed by atoms with van der Waals surface area (Å²) < 4.78 is 0. The van der Waals surface area contributed by atoms with E-state index in [0.29, 0.717) is 59.3 Å². The summed E-state index contributed by atoms with van der Waals surface area (Å²) in [4.78, 5) is 48.6. The van der Waals surface area contributed by atoms with E-state index in [9.17, 15) is 19.5 Å². The smallest absolute Gasteiger partial charge is 0.411 e. The molecule has 5 rings (SSSR count). The maximum atomic E-state index is 13.5. The number of benzene rings is 2. The Morgan fingerprint density at radius 3 is 2.73 bits per heavy atom. The number of allylic oxidation sites excluding steroid dienone is 1. The van der Waals surface area contributed by atoms with Crippen molar-refractivity contribution in [1.82, 2.24) is 14.9 Å². The Bertz CT molecular complexity index is 1490. The number of anilines is 2. The number of imidazole rings is 1. The SMILES string of the molecule is CN(C(=O)O)c1ccc2c(c1)NC(=O)CCC=CC[C@H](N1CCC(c3cccc(Cl)c3)CC1=O)c1nc-2c(Cl)[nH]1. The molecule has 0 radical (unpaired) electrons. The van der Waals surface area contributed by atoms with Crippen LogP contribution in [-0.4, -0.2) is 51.5 Å². The molecule has 11 heteroatoms. The maximum Gasteiger partial charge on any atom is 0.411 e. The maximum absolute atomic E-state index is 13.5. The highest BCUT2D eigenvalue weighted by molar-refractivity contribution is 6.32. The summed E-state index contributed by atoms with van der Waals surface area (Å²) in [5.41, 5.74) is 2.79. The first-order valence-corrected chi connectivity index (χ1v) is 13.8. The van der Waals surface area contributed by atoms with Crippen LogP contribution in [0.1, 0.15) is 55.5 Å². The summed E-state index contributed by atoms with van der Waals surface area (Å²) in [6, 6.07) is 12.2. The Morgan fingerprint density at radius 2 is 1.98 bits per heavy atom. The van der Waals surface area contributed by atoms with E-state index in [-0.39, 0.29) is 35.3 Å². The van der Waals surface area contributed by atoms with Crippen LogP contribution in [-0.2, 0) is 9.59 Å². The van der Waals surface area contributed by atoms with E-state index >= 15 is 0 Å². The molecule has 2 atom stereocenters. The third-order valence-corrected chi connectivity index (χ3v) is 7.93. The number of nitrogens with one attached hydrogen (secondary N) is 2. The van der Waals surface area contributed by atoms with Gasteiger partial charge in [0.1, 0.15) is 16.7 Å². The fraction of sp³-hybridized carbons (Fsp3) is 0.310. The number of aromatic amines is 1. The molecular formula is C29H29Cl2N5O4. The highest BCUT2D eigenvalue weighted by Gasteiger charge is 2.34. The Hall–Kier alpha value is -3.82. The summed E-state index contributed by atoms with van der Waals surface area (Å²) in [5, 5.41) is 13.2. The lowest BCUT2D eigenvalue weighted by Crippen LogP contribution is -2.41. The number of carboxylic acid groups (broad SMARTS) is 1. The second kappa shape index (κ2) is 11.7. The first kappa shape index (κ1) is 27.7. The van der Waals surface area contributed by atoms with Crippen LogP contribution in [0.5, 0.6) is 0 Å². The molecule has 1 saturated heterocycles. The Kier molecular flexibility index (Phi) is 8.14. The van der Waals surface area contributed by atoms with Crippen LogP contribution >= 0.6 is 23.2 Å². The van der Waals surface area contributed by atoms with E-state index in [1.165, 1.54) is 7.05 Å². The largest absolute Gasteiger partial charge is 0.465 e. The summed E-state index contributed by atoms with van der Waals surface area (Å²) in [6.45, 7) is 0.545. The van der Waals surface area contributed by atoms with E-state index < -0.39 is 6.09 Å². The molecule has 1 fully saturated rings. The average Bonchev–Trinajstić information content (AvgIpc) is 3.31. The number of carbonyl (C=O) groups excluding carboxylic acids is 2. The van der Waals surface area contributed by atoms with Gasteiger partial charge in [-0.05, 0) is 61.1 Å². The number of halogens is 2. The van der Waals surface area contributed by atoms with Gasteiger partial charge in [-0.25, -0.2) is 9.78 Å². The molecule has 2 aliphatic rings. The summed E-state index contributed by atoms with van der Waals surface area (Å²) in [5.74, 6) is 0.432. The van der Waals surface area contributed by atoms with Crippen molar-refractivity contribution in [3.05, 3.63) is 76.2 Å². The first-order chi connectivity index (χ1) is 19.2. The second-order valence-electron chi connectivity index (χ2n) is 10.00. The molecule has 3 N–H and O–H groups in total. The van der Waals surface area contributed by atoms with Crippen molar-refractivity contribution in [2.24, 2.45) is 0 Å². The zero-order valence-corrected chi connectivity index (χ0v) is 23.4. The molecule has 208 valence electrons. The predicted octanol–water partition coefficient (Wildman–Crippen LogP) is 6.62. The number of fused-ring (bicyclic) bond motifs is 4. The lowest BCUT2D eigenvalue weighted by Gasteiger charge is -2.36. The number of amides is 3. The molecule has 0 aliphatic carbocycles. The molecule has 0 saturated carbocycles. The van der Waals surface area contributed by atoms with Crippen molar-refractivity contribution in [1.29, 1.82) is 0 Å². The number of aromatic nitrogens is 2. The minimum absolute atomic E-state index is 0.0200. The number of carbonyl (C=O) groups is 3. The van der Waals surface area contributed by atoms with Crippen molar-refractivity contribution in [3.8, 4) is 11.3 Å². The van der Waals surface area contributed by atoms with Gasteiger partial charge in [0, 0.05) is 42.7 Å². The lowest BCUT2D eigenvalue weighted by atomic mass is 9.88. The van der Waals surface area contributed by atoms with Gasteiger partial charge < -0.3 is 20.3 Å². The minimum atomic E-state index is -1.13. The number of hydrogen-bond acceptors (Lipinski definition) is 4. The molecule has 9 nitrogen and oxygen atoms in total. The van der Waals surface area contributed by atoms with Gasteiger partial charge in [0.25, 0.3) is 0 Å². The number of likely N-dealkylation sites (tertiary alicyclic amines) is 1. The van der Waals surface area contributed by atoms with Crippen molar-refractivity contribution in [2.45, 2.75) is 44.1 Å². The van der Waals surface area contributed by atoms with Gasteiger partial charge in [0.2, 0.25) is 11.8 Å². The summed E-state index contributed by atoms with van der Waals surface area (Å²) in [6.07, 6.45) is 5.17. The zero-order chi connectivity index (χ0) is 28.4. The van der Waals surface area contributed by atoms with Crippen LogP contribution in [0.15, 0.2) is 54.6 Å². The van der Waals surface area contributed by atoms with Crippen LogP contribution in [0.4, 0.5) is 16.2 Å². The van der Waals surface area contributed by atoms with Gasteiger partial charge in [-0.2, -0.15) is 0 Å². The molecule has 1 unspecified atom stereocenters. The lowest BCUT2D eigenvalue weighted by molar-refractivity contribution is -0.136. The highest BCUT2D eigenvalue weighted by Crippen LogP contribution is 2.39. The van der Waals surface area contributed by atoms with Crippen molar-refractivity contribution < 1.29 is 19.5 Å². The molecule has 3 heterocycles. The topological polar surface area (TPSA) is 119 Å². The fourth-order valence-electron chi connectivity index (χ4n) is 5.25. The van der Waals surface area contributed by atoms with Gasteiger partial charge >= 0.3 is 6.09 Å². The van der Waals surface area contributed by atoms with Crippen LogP contribution in [0, 0.1) is 0 Å². The van der Waals surface area contributed by atoms with Crippen molar-refractivity contribution in [3.63, 3.8) is 0 Å². The van der Waals surface area contributed by atoms with Crippen molar-refractivity contribution in [2.75, 3.05) is 23.8 Å². The summed E-state index contributed by atoms with van der Waals surface area (Å²) in [7, 11) is 1.42. The van der Waals surface area contributed by atoms with E-state index in [1.807, 2.05) is 41.3 Å². The van der Waals surface area contributed by atoms with Gasteiger partial charge in [-0.1, -0.05) is 47.5 Å². The Balaban J connectivity index is 1.49. The third kappa shape index (κ3) is 5.85. The quantitative estimate of drug-likeness (QED) is 0.300. The second-order valence-corrected chi connectivity index (χ2v) is 10.8. The number of hydrogen-bond donors (Lipinski definition) is 3. The van der Waals surface area contributed by atoms with Crippen LogP contribution in [0.3, 0.4) is 0 Å². The third-order valence-electron chi connectivity index (χ3n) is 7.42. The van der Waals surface area contributed by atoms with E-state index in [2.05, 4.69) is 10.3 Å². The molecule has 2 bridgehead atoms. The van der Waals surface area contributed by atoms with E-state index in [1.54, 1.807) is 18.2 Å². The molecule has 3 aromatic rings. The van der Waals surface area contributed by atoms with Crippen molar-refractivity contribution >= 4 is 52.5 Å². The number of H-pyrrole nitrogens is 1. The van der Waals surface area contributed by atoms with Crippen LogP contribution < -0.4 is 10.2 Å². The van der Waals surface area contributed by atoms with Crippen LogP contribution in [0.25, 0.3) is 11.3 Å². The predicted molar refractivity (Wildman–Crippen MR) is 155 cm³/mol. The molecule has 0 spiro atoms. The van der Waals surface area contributed by atoms with E-state index in [0.717, 1.165) is 16.9 Å². The Labute approximate surface area is 241 Å². The molecule has 3 amide bonds. The standard InChI is InChI=1S/C29H29Cl2N5O4/c1-35(29(39)40)20-10-11-21-22(16-20)32-24(37)9-4-2-3-8-23(28-33-26(21)27(31)34-28)36-13-12-18(15-25(36)38)17-6-5-7-19(30)14-17/h2-3,5-7,10-11,14,16,18,23H,4,8-9,12-13,15H2,1H3,(H,32,37)(H,33,34)(H,39,40)/t18?,23-/m0/s1. The zero-order valence-electron chi connectivity index (χ0n) is 21.9. The van der Waals surface area contributed by atoms with Gasteiger partial charge in [0.15, 0.2) is 0 Å². The Morgan fingerprint density at radius 1 is 1.15 bits per heavy atom. The molecule has 2 aromatic carbocycles. The molecule has 1 aromatic heterocycles. The average molecular weight is 582 g/mol. The monoisotopic (exact) mass is 581 g/mol. The first-order valence-electron chi connectivity index (χ1n) is 13.1.